The van der Waals surface area contributed by atoms with Crippen LogP contribution in [0.2, 0.25) is 0 Å². The highest BCUT2D eigenvalue weighted by Crippen LogP contribution is 2.26. The lowest BCUT2D eigenvalue weighted by atomic mass is 10.2. The van der Waals surface area contributed by atoms with Crippen molar-refractivity contribution in [1.82, 2.24) is 5.32 Å². The summed E-state index contributed by atoms with van der Waals surface area (Å²) in [4.78, 5) is 23.0. The third kappa shape index (κ3) is 3.97. The Kier molecular flexibility index (Phi) is 4.86. The summed E-state index contributed by atoms with van der Waals surface area (Å²) in [6, 6.07) is 15.0. The SMILES string of the molecule is COc1ccc(COc2ccc(/C=C3\SC(=O)NC3=O)cc2)cc1. The van der Waals surface area contributed by atoms with Crippen LogP contribution in [0.4, 0.5) is 4.79 Å². The maximum absolute atomic E-state index is 11.5. The van der Waals surface area contributed by atoms with E-state index in [1.165, 1.54) is 0 Å². The summed E-state index contributed by atoms with van der Waals surface area (Å²) >= 11 is 0.903. The van der Waals surface area contributed by atoms with Crippen molar-refractivity contribution in [1.29, 1.82) is 0 Å². The van der Waals surface area contributed by atoms with Crippen LogP contribution in [0.15, 0.2) is 53.4 Å². The fraction of sp³-hybridized carbons (Fsp3) is 0.111. The van der Waals surface area contributed by atoms with E-state index in [0.29, 0.717) is 11.5 Å². The topological polar surface area (TPSA) is 64.6 Å². The lowest BCUT2D eigenvalue weighted by Crippen LogP contribution is -2.17. The highest BCUT2D eigenvalue weighted by Gasteiger charge is 2.24. The first-order valence-corrected chi connectivity index (χ1v) is 8.06. The molecule has 5 nitrogen and oxygen atoms in total. The zero-order valence-corrected chi connectivity index (χ0v) is 13.8. The fourth-order valence-electron chi connectivity index (χ4n) is 2.12. The van der Waals surface area contributed by atoms with E-state index < -0.39 is 0 Å². The first-order valence-electron chi connectivity index (χ1n) is 7.25. The Balaban J connectivity index is 1.61. The molecule has 0 bridgehead atoms. The summed E-state index contributed by atoms with van der Waals surface area (Å²) in [7, 11) is 1.63. The van der Waals surface area contributed by atoms with E-state index in [4.69, 9.17) is 9.47 Å². The number of benzene rings is 2. The van der Waals surface area contributed by atoms with Gasteiger partial charge in [0.1, 0.15) is 18.1 Å². The molecule has 0 unspecified atom stereocenters. The summed E-state index contributed by atoms with van der Waals surface area (Å²) in [6.45, 7) is 0.456. The van der Waals surface area contributed by atoms with Crippen molar-refractivity contribution in [2.75, 3.05) is 7.11 Å². The predicted molar refractivity (Wildman–Crippen MR) is 92.9 cm³/mol. The third-order valence-electron chi connectivity index (χ3n) is 3.38. The molecule has 0 aliphatic carbocycles. The number of carbonyl (C=O) groups is 2. The number of ether oxygens (including phenoxy) is 2. The van der Waals surface area contributed by atoms with Gasteiger partial charge in [0.25, 0.3) is 11.1 Å². The lowest BCUT2D eigenvalue weighted by molar-refractivity contribution is -0.115. The minimum absolute atomic E-state index is 0.342. The van der Waals surface area contributed by atoms with E-state index in [2.05, 4.69) is 5.32 Å². The Morgan fingerprint density at radius 1 is 1.00 bits per heavy atom. The molecule has 0 spiro atoms. The van der Waals surface area contributed by atoms with Crippen LogP contribution < -0.4 is 14.8 Å². The molecule has 24 heavy (non-hydrogen) atoms. The standard InChI is InChI=1S/C18H15NO4S/c1-22-14-6-4-13(5-7-14)11-23-15-8-2-12(3-9-15)10-16-17(20)19-18(21)24-16/h2-10H,11H2,1H3,(H,19,20,21)/b16-10-. The first kappa shape index (κ1) is 16.1. The van der Waals surface area contributed by atoms with Crippen molar-refractivity contribution in [2.45, 2.75) is 6.61 Å². The number of nitrogens with one attached hydrogen (secondary N) is 1. The molecule has 0 atom stereocenters. The van der Waals surface area contributed by atoms with E-state index >= 15 is 0 Å². The summed E-state index contributed by atoms with van der Waals surface area (Å²) in [5, 5.41) is 1.89. The number of rotatable bonds is 5. The van der Waals surface area contributed by atoms with Gasteiger partial charge < -0.3 is 9.47 Å². The second-order valence-corrected chi connectivity index (χ2v) is 6.07. The molecule has 0 saturated carbocycles. The Hall–Kier alpha value is -2.73. The van der Waals surface area contributed by atoms with Gasteiger partial charge in [-0.15, -0.1) is 0 Å². The second kappa shape index (κ2) is 7.23. The van der Waals surface area contributed by atoms with E-state index in [-0.39, 0.29) is 11.1 Å². The second-order valence-electron chi connectivity index (χ2n) is 5.06. The molecule has 0 aromatic heterocycles. The molecule has 2 aromatic carbocycles. The van der Waals surface area contributed by atoms with E-state index in [9.17, 15) is 9.59 Å². The number of hydrogen-bond acceptors (Lipinski definition) is 5. The Morgan fingerprint density at radius 3 is 2.25 bits per heavy atom. The summed E-state index contributed by atoms with van der Waals surface area (Å²) in [5.74, 6) is 1.18. The van der Waals surface area contributed by atoms with Gasteiger partial charge in [0, 0.05) is 0 Å². The normalized spacial score (nSPS) is 15.5. The van der Waals surface area contributed by atoms with Gasteiger partial charge in [-0.2, -0.15) is 0 Å². The highest BCUT2D eigenvalue weighted by molar-refractivity contribution is 8.18. The number of carbonyl (C=O) groups excluding carboxylic acids is 2. The van der Waals surface area contributed by atoms with Crippen molar-refractivity contribution in [2.24, 2.45) is 0 Å². The fourth-order valence-corrected chi connectivity index (χ4v) is 2.80. The molecular formula is C18H15NO4S. The number of hydrogen-bond donors (Lipinski definition) is 1. The van der Waals surface area contributed by atoms with Gasteiger partial charge in [-0.1, -0.05) is 24.3 Å². The Labute approximate surface area is 143 Å². The maximum atomic E-state index is 11.5. The van der Waals surface area contributed by atoms with Gasteiger partial charge in [-0.25, -0.2) is 0 Å². The molecule has 1 aliphatic rings. The van der Waals surface area contributed by atoms with Gasteiger partial charge >= 0.3 is 0 Å². The minimum atomic E-state index is -0.357. The van der Waals surface area contributed by atoms with Crippen molar-refractivity contribution in [3.05, 3.63) is 64.6 Å². The van der Waals surface area contributed by atoms with Crippen LogP contribution in [-0.2, 0) is 11.4 Å². The van der Waals surface area contributed by atoms with Crippen molar-refractivity contribution in [3.8, 4) is 11.5 Å². The van der Waals surface area contributed by atoms with E-state index in [1.54, 1.807) is 13.2 Å². The summed E-state index contributed by atoms with van der Waals surface area (Å²) < 4.78 is 10.8. The quantitative estimate of drug-likeness (QED) is 0.842. The van der Waals surface area contributed by atoms with Gasteiger partial charge in [-0.3, -0.25) is 14.9 Å². The molecule has 1 aliphatic heterocycles. The largest absolute Gasteiger partial charge is 0.497 e. The van der Waals surface area contributed by atoms with Gasteiger partial charge in [-0.05, 0) is 53.2 Å². The highest BCUT2D eigenvalue weighted by atomic mass is 32.2. The molecule has 3 rings (SSSR count). The summed E-state index contributed by atoms with van der Waals surface area (Å²) in [5.41, 5.74) is 1.87. The number of amides is 2. The zero-order chi connectivity index (χ0) is 16.9. The van der Waals surface area contributed by atoms with Crippen molar-refractivity contribution in [3.63, 3.8) is 0 Å². The molecule has 1 N–H and O–H groups in total. The third-order valence-corrected chi connectivity index (χ3v) is 4.20. The molecule has 2 amide bonds. The molecule has 1 heterocycles. The zero-order valence-electron chi connectivity index (χ0n) is 12.9. The molecule has 1 saturated heterocycles. The molecule has 0 radical (unpaired) electrons. The van der Waals surface area contributed by atoms with E-state index in [1.807, 2.05) is 48.5 Å². The Bertz CT molecular complexity index is 782. The predicted octanol–water partition coefficient (Wildman–Crippen LogP) is 3.60. The molecule has 122 valence electrons. The molecular weight excluding hydrogens is 326 g/mol. The van der Waals surface area contributed by atoms with Crippen LogP contribution in [0.25, 0.3) is 6.08 Å². The number of methoxy groups -OCH3 is 1. The molecule has 2 aromatic rings. The van der Waals surface area contributed by atoms with Crippen LogP contribution in [0, 0.1) is 0 Å². The first-order chi connectivity index (χ1) is 11.6. The van der Waals surface area contributed by atoms with Gasteiger partial charge in [0.15, 0.2) is 0 Å². The molecule has 1 fully saturated rings. The van der Waals surface area contributed by atoms with Crippen molar-refractivity contribution < 1.29 is 19.1 Å². The van der Waals surface area contributed by atoms with Crippen LogP contribution in [0.3, 0.4) is 0 Å². The summed E-state index contributed by atoms with van der Waals surface area (Å²) in [6.07, 6.45) is 1.68. The average Bonchev–Trinajstić information content (AvgIpc) is 2.92. The van der Waals surface area contributed by atoms with Crippen LogP contribution in [-0.4, -0.2) is 18.3 Å². The average molecular weight is 341 g/mol. The van der Waals surface area contributed by atoms with Crippen molar-refractivity contribution >= 4 is 29.0 Å². The number of thioether (sulfide) groups is 1. The van der Waals surface area contributed by atoms with Crippen LogP contribution in [0.5, 0.6) is 11.5 Å². The van der Waals surface area contributed by atoms with Gasteiger partial charge in [0.05, 0.1) is 12.0 Å². The lowest BCUT2D eigenvalue weighted by Gasteiger charge is -2.07. The van der Waals surface area contributed by atoms with Crippen LogP contribution >= 0.6 is 11.8 Å². The molecule has 6 heteroatoms. The van der Waals surface area contributed by atoms with Gasteiger partial charge in [0.2, 0.25) is 0 Å². The number of imide groups is 1. The monoisotopic (exact) mass is 341 g/mol. The van der Waals surface area contributed by atoms with E-state index in [0.717, 1.165) is 34.4 Å². The smallest absolute Gasteiger partial charge is 0.290 e. The van der Waals surface area contributed by atoms with Crippen LogP contribution in [0.1, 0.15) is 11.1 Å². The minimum Gasteiger partial charge on any atom is -0.497 e. The Morgan fingerprint density at radius 2 is 1.67 bits per heavy atom. The maximum Gasteiger partial charge on any atom is 0.290 e.